The van der Waals surface area contributed by atoms with Crippen molar-refractivity contribution in [3.05, 3.63) is 35.0 Å². The summed E-state index contributed by atoms with van der Waals surface area (Å²) in [5.74, 6) is 0.393. The van der Waals surface area contributed by atoms with Crippen LogP contribution in [-0.4, -0.2) is 30.8 Å². The lowest BCUT2D eigenvalue weighted by molar-refractivity contribution is 0.0688. The number of carbonyl (C=O) groups is 1. The van der Waals surface area contributed by atoms with Crippen molar-refractivity contribution < 1.29 is 9.90 Å². The van der Waals surface area contributed by atoms with Crippen molar-refractivity contribution >= 4 is 5.97 Å². The molecule has 20 heavy (non-hydrogen) atoms. The molecule has 0 radical (unpaired) electrons. The molecule has 2 aromatic rings. The molecule has 2 atom stereocenters. The summed E-state index contributed by atoms with van der Waals surface area (Å²) >= 11 is 0. The fraction of sp³-hybridized carbons (Fsp3) is 0.308. The Labute approximate surface area is 113 Å². The van der Waals surface area contributed by atoms with E-state index in [9.17, 15) is 9.90 Å². The minimum atomic E-state index is -1.01. The van der Waals surface area contributed by atoms with Gasteiger partial charge in [0.15, 0.2) is 17.2 Å². The van der Waals surface area contributed by atoms with E-state index < -0.39 is 5.97 Å². The van der Waals surface area contributed by atoms with Crippen molar-refractivity contribution in [3.8, 4) is 11.9 Å². The van der Waals surface area contributed by atoms with Gasteiger partial charge in [0, 0.05) is 11.5 Å². The molecule has 1 fully saturated rings. The minimum Gasteiger partial charge on any atom is -0.476 e. The Kier molecular flexibility index (Phi) is 2.02. The highest BCUT2D eigenvalue weighted by Crippen LogP contribution is 2.57. The van der Waals surface area contributed by atoms with Crippen LogP contribution in [0.3, 0.4) is 0 Å². The first-order chi connectivity index (χ1) is 9.69. The van der Waals surface area contributed by atoms with E-state index >= 15 is 0 Å². The van der Waals surface area contributed by atoms with E-state index in [1.165, 1.54) is 12.4 Å². The Morgan fingerprint density at radius 1 is 1.45 bits per heavy atom. The summed E-state index contributed by atoms with van der Waals surface area (Å²) in [6.45, 7) is 0. The van der Waals surface area contributed by atoms with Gasteiger partial charge in [-0.2, -0.15) is 10.4 Å². The maximum Gasteiger partial charge on any atom is 0.356 e. The zero-order valence-electron chi connectivity index (χ0n) is 10.3. The number of fused-ring (bicyclic) bond motifs is 3. The number of rotatable bonds is 2. The number of hydrogen-bond donors (Lipinski definition) is 1. The molecule has 0 amide bonds. The molecule has 98 valence electrons. The van der Waals surface area contributed by atoms with Crippen LogP contribution in [0.15, 0.2) is 12.4 Å². The Morgan fingerprint density at radius 2 is 2.30 bits per heavy atom. The summed E-state index contributed by atoms with van der Waals surface area (Å²) in [6.07, 6.45) is 4.68. The lowest BCUT2D eigenvalue weighted by Crippen LogP contribution is -2.06. The van der Waals surface area contributed by atoms with Crippen molar-refractivity contribution in [2.45, 2.75) is 18.8 Å². The predicted molar refractivity (Wildman–Crippen MR) is 65.4 cm³/mol. The van der Waals surface area contributed by atoms with Crippen molar-refractivity contribution in [3.63, 3.8) is 0 Å². The van der Waals surface area contributed by atoms with Crippen molar-refractivity contribution in [1.82, 2.24) is 19.7 Å². The molecule has 2 aromatic heterocycles. The highest BCUT2D eigenvalue weighted by molar-refractivity contribution is 5.88. The van der Waals surface area contributed by atoms with Crippen LogP contribution in [0.1, 0.15) is 39.8 Å². The number of carboxylic acid groups (broad SMARTS) is 1. The van der Waals surface area contributed by atoms with Crippen LogP contribution >= 0.6 is 0 Å². The molecule has 1 saturated carbocycles. The third kappa shape index (κ3) is 1.39. The first-order valence-electron chi connectivity index (χ1n) is 6.26. The van der Waals surface area contributed by atoms with E-state index in [4.69, 9.17) is 5.26 Å². The molecule has 0 spiro atoms. The third-order valence-electron chi connectivity index (χ3n) is 3.94. The van der Waals surface area contributed by atoms with E-state index in [-0.39, 0.29) is 11.4 Å². The second-order valence-corrected chi connectivity index (χ2v) is 5.11. The predicted octanol–water partition coefficient (Wildman–Crippen LogP) is 0.892. The summed E-state index contributed by atoms with van der Waals surface area (Å²) in [7, 11) is 0. The van der Waals surface area contributed by atoms with Crippen LogP contribution < -0.4 is 0 Å². The normalized spacial score (nSPS) is 21.9. The molecular formula is C13H9N5O2. The molecule has 4 rings (SSSR count). The minimum absolute atomic E-state index is 0.110. The van der Waals surface area contributed by atoms with Crippen LogP contribution in [0.4, 0.5) is 0 Å². The van der Waals surface area contributed by atoms with Gasteiger partial charge in [-0.15, -0.1) is 0 Å². The SMILES string of the molecule is N#Cc1cnc(-n2nc(C(=O)O)c3c2[C@H]2C[C@H]2C3)cn1. The van der Waals surface area contributed by atoms with Gasteiger partial charge in [0.2, 0.25) is 0 Å². The fourth-order valence-electron chi connectivity index (χ4n) is 2.95. The number of hydrogen-bond acceptors (Lipinski definition) is 5. The van der Waals surface area contributed by atoms with Crippen LogP contribution in [0.5, 0.6) is 0 Å². The third-order valence-corrected chi connectivity index (χ3v) is 3.94. The Balaban J connectivity index is 1.88. The van der Waals surface area contributed by atoms with Gasteiger partial charge in [0.05, 0.1) is 18.1 Å². The van der Waals surface area contributed by atoms with E-state index in [0.29, 0.717) is 17.7 Å². The van der Waals surface area contributed by atoms with E-state index in [1.807, 2.05) is 6.07 Å². The van der Waals surface area contributed by atoms with Gasteiger partial charge in [-0.1, -0.05) is 0 Å². The first-order valence-corrected chi connectivity index (χ1v) is 6.26. The molecule has 7 nitrogen and oxygen atoms in total. The number of carboxylic acids is 1. The smallest absolute Gasteiger partial charge is 0.356 e. The van der Waals surface area contributed by atoms with Crippen LogP contribution in [-0.2, 0) is 6.42 Å². The van der Waals surface area contributed by atoms with Crippen molar-refractivity contribution in [1.29, 1.82) is 5.26 Å². The van der Waals surface area contributed by atoms with E-state index in [0.717, 1.165) is 24.1 Å². The van der Waals surface area contributed by atoms with Crippen LogP contribution in [0.25, 0.3) is 5.82 Å². The zero-order chi connectivity index (χ0) is 13.9. The summed E-state index contributed by atoms with van der Waals surface area (Å²) in [5, 5.41) is 22.1. The van der Waals surface area contributed by atoms with Crippen LogP contribution in [0.2, 0.25) is 0 Å². The van der Waals surface area contributed by atoms with Gasteiger partial charge in [-0.25, -0.2) is 19.4 Å². The maximum absolute atomic E-state index is 11.3. The molecule has 0 unspecified atom stereocenters. The maximum atomic E-state index is 11.3. The Hall–Kier alpha value is -2.75. The zero-order valence-corrected chi connectivity index (χ0v) is 10.3. The molecular weight excluding hydrogens is 258 g/mol. The molecule has 0 aliphatic heterocycles. The second kappa shape index (κ2) is 3.63. The highest BCUT2D eigenvalue weighted by atomic mass is 16.4. The van der Waals surface area contributed by atoms with Crippen molar-refractivity contribution in [2.24, 2.45) is 5.92 Å². The second-order valence-electron chi connectivity index (χ2n) is 5.11. The van der Waals surface area contributed by atoms with Gasteiger partial charge >= 0.3 is 5.97 Å². The molecule has 2 aliphatic carbocycles. The number of nitrogens with zero attached hydrogens (tertiary/aromatic N) is 5. The molecule has 7 heteroatoms. The van der Waals surface area contributed by atoms with Crippen molar-refractivity contribution in [2.75, 3.05) is 0 Å². The topological polar surface area (TPSA) is 105 Å². The van der Waals surface area contributed by atoms with Crippen LogP contribution in [0, 0.1) is 17.2 Å². The highest BCUT2D eigenvalue weighted by Gasteiger charge is 2.50. The summed E-state index contributed by atoms with van der Waals surface area (Å²) in [6, 6.07) is 1.90. The largest absolute Gasteiger partial charge is 0.476 e. The molecule has 0 bridgehead atoms. The molecule has 1 N–H and O–H groups in total. The number of nitriles is 1. The van der Waals surface area contributed by atoms with Gasteiger partial charge in [-0.05, 0) is 18.8 Å². The van der Waals surface area contributed by atoms with Gasteiger partial charge in [0.25, 0.3) is 0 Å². The molecule has 2 heterocycles. The fourth-order valence-corrected chi connectivity index (χ4v) is 2.95. The van der Waals surface area contributed by atoms with E-state index in [1.54, 1.807) is 4.68 Å². The van der Waals surface area contributed by atoms with E-state index in [2.05, 4.69) is 15.1 Å². The lowest BCUT2D eigenvalue weighted by Gasteiger charge is -2.04. The Bertz CT molecular complexity index is 771. The monoisotopic (exact) mass is 267 g/mol. The summed E-state index contributed by atoms with van der Waals surface area (Å²) in [4.78, 5) is 19.4. The number of aromatic carboxylic acids is 1. The molecule has 0 saturated heterocycles. The quantitative estimate of drug-likeness (QED) is 0.866. The molecule has 0 aromatic carbocycles. The van der Waals surface area contributed by atoms with Gasteiger partial charge < -0.3 is 5.11 Å². The van der Waals surface area contributed by atoms with Gasteiger partial charge in [-0.3, -0.25) is 0 Å². The average molecular weight is 267 g/mol. The molecule has 2 aliphatic rings. The number of aromatic nitrogens is 4. The lowest BCUT2D eigenvalue weighted by atomic mass is 10.1. The summed E-state index contributed by atoms with van der Waals surface area (Å²) in [5.41, 5.74) is 2.11. The Morgan fingerprint density at radius 3 is 2.95 bits per heavy atom. The summed E-state index contributed by atoms with van der Waals surface area (Å²) < 4.78 is 1.57. The standard InChI is InChI=1S/C13H9N5O2/c14-3-7-4-16-10(5-15-7)18-12-8-1-6(8)2-9(12)11(17-18)13(19)20/h4-6,8H,1-2H2,(H,19,20)/t6-,8-/m0/s1. The van der Waals surface area contributed by atoms with Gasteiger partial charge in [0.1, 0.15) is 6.07 Å². The first kappa shape index (κ1) is 11.1. The average Bonchev–Trinajstić information content (AvgIpc) is 2.95.